The van der Waals surface area contributed by atoms with E-state index in [1.807, 2.05) is 19.0 Å². The zero-order chi connectivity index (χ0) is 21.8. The Bertz CT molecular complexity index is 720. The van der Waals surface area contributed by atoms with Crippen molar-refractivity contribution < 1.29 is 13.6 Å². The molecule has 162 valence electrons. The fourth-order valence-corrected chi connectivity index (χ4v) is 4.19. The summed E-state index contributed by atoms with van der Waals surface area (Å²) in [5.74, 6) is -0.725. The van der Waals surface area contributed by atoms with Crippen molar-refractivity contribution in [2.24, 2.45) is 0 Å². The Morgan fingerprint density at radius 1 is 1.21 bits per heavy atom. The van der Waals surface area contributed by atoms with Gasteiger partial charge >= 0.3 is 0 Å². The van der Waals surface area contributed by atoms with E-state index in [1.54, 1.807) is 11.0 Å². The number of thiocarbonyl (C=S) groups is 1. The summed E-state index contributed by atoms with van der Waals surface area (Å²) >= 11 is 5.21. The molecule has 0 aliphatic carbocycles. The van der Waals surface area contributed by atoms with Crippen molar-refractivity contribution in [3.05, 3.63) is 35.4 Å². The van der Waals surface area contributed by atoms with Crippen molar-refractivity contribution in [2.45, 2.75) is 57.5 Å². The molecule has 1 aromatic carbocycles. The highest BCUT2D eigenvalue weighted by Gasteiger charge is 2.32. The summed E-state index contributed by atoms with van der Waals surface area (Å²) in [4.78, 5) is 17.5. The lowest BCUT2D eigenvalue weighted by Gasteiger charge is -2.31. The summed E-state index contributed by atoms with van der Waals surface area (Å²) in [5, 5.41) is 0. The fraction of sp³-hybridized carbons (Fsp3) is 0.636. The van der Waals surface area contributed by atoms with Crippen LogP contribution >= 0.6 is 12.2 Å². The van der Waals surface area contributed by atoms with Gasteiger partial charge in [0.2, 0.25) is 6.41 Å². The molecular formula is C22H33F2N3OS. The minimum Gasteiger partial charge on any atom is -0.371 e. The average molecular weight is 426 g/mol. The van der Waals surface area contributed by atoms with Crippen LogP contribution in [0, 0.1) is 11.6 Å². The monoisotopic (exact) mass is 425 g/mol. The Morgan fingerprint density at radius 3 is 2.41 bits per heavy atom. The molecule has 29 heavy (non-hydrogen) atoms. The molecule has 0 bridgehead atoms. The molecule has 0 radical (unpaired) electrons. The highest BCUT2D eigenvalue weighted by Crippen LogP contribution is 2.32. The summed E-state index contributed by atoms with van der Waals surface area (Å²) in [6.07, 6.45) is 3.92. The second-order valence-corrected chi connectivity index (χ2v) is 9.42. The molecule has 7 heteroatoms. The quantitative estimate of drug-likeness (QED) is 0.539. The van der Waals surface area contributed by atoms with Gasteiger partial charge in [0.1, 0.15) is 16.6 Å². The number of hydrogen-bond donors (Lipinski definition) is 0. The highest BCUT2D eigenvalue weighted by atomic mass is 32.1. The van der Waals surface area contributed by atoms with Crippen molar-refractivity contribution in [2.75, 3.05) is 33.7 Å². The molecule has 2 atom stereocenters. The van der Waals surface area contributed by atoms with Crippen LogP contribution in [0.25, 0.3) is 0 Å². The predicted octanol–water partition coefficient (Wildman–Crippen LogP) is 4.05. The van der Waals surface area contributed by atoms with Crippen LogP contribution in [0.2, 0.25) is 0 Å². The molecule has 2 aliphatic heterocycles. The number of rotatable bonds is 3. The maximum Gasteiger partial charge on any atom is 0.210 e. The van der Waals surface area contributed by atoms with Crippen molar-refractivity contribution in [1.29, 1.82) is 0 Å². The van der Waals surface area contributed by atoms with Crippen molar-refractivity contribution in [1.82, 2.24) is 14.7 Å². The van der Waals surface area contributed by atoms with E-state index >= 15 is 0 Å². The van der Waals surface area contributed by atoms with E-state index in [0.29, 0.717) is 5.56 Å². The molecule has 2 fully saturated rings. The molecule has 4 nitrogen and oxygen atoms in total. The van der Waals surface area contributed by atoms with Gasteiger partial charge in [-0.25, -0.2) is 8.78 Å². The predicted molar refractivity (Wildman–Crippen MR) is 117 cm³/mol. The molecule has 0 saturated carbocycles. The number of halogens is 2. The van der Waals surface area contributed by atoms with Crippen LogP contribution in [0.15, 0.2) is 18.2 Å². The fourth-order valence-electron chi connectivity index (χ4n) is 3.93. The number of carbonyl (C=O) groups is 1. The summed E-state index contributed by atoms with van der Waals surface area (Å²) < 4.78 is 26.5. The zero-order valence-corrected chi connectivity index (χ0v) is 18.9. The van der Waals surface area contributed by atoms with Gasteiger partial charge in [0.25, 0.3) is 0 Å². The van der Waals surface area contributed by atoms with Gasteiger partial charge in [-0.15, -0.1) is 0 Å². The first-order chi connectivity index (χ1) is 13.5. The molecule has 0 N–H and O–H groups in total. The molecule has 2 saturated heterocycles. The number of hydrogen-bond acceptors (Lipinski definition) is 3. The lowest BCUT2D eigenvalue weighted by atomic mass is 9.97. The number of carbonyl (C=O) groups excluding carboxylic acids is 1. The largest absolute Gasteiger partial charge is 0.371 e. The lowest BCUT2D eigenvalue weighted by Crippen LogP contribution is -2.40. The Labute approximate surface area is 178 Å². The van der Waals surface area contributed by atoms with Gasteiger partial charge in [0, 0.05) is 44.7 Å². The third-order valence-electron chi connectivity index (χ3n) is 5.69. The summed E-state index contributed by atoms with van der Waals surface area (Å²) in [5.41, 5.74) is 0.767. The molecule has 1 aromatic rings. The zero-order valence-electron chi connectivity index (χ0n) is 18.1. The van der Waals surface area contributed by atoms with Gasteiger partial charge in [-0.05, 0) is 58.2 Å². The SMILES string of the molecule is CC(C)(C)N1CCC(c2ccc(F)cc2F)C1.CN(C)C(=S)C1CCCN1C=O. The van der Waals surface area contributed by atoms with Crippen LogP contribution < -0.4 is 0 Å². The maximum atomic E-state index is 13.7. The molecule has 2 unspecified atom stereocenters. The Hall–Kier alpha value is -1.60. The molecule has 2 heterocycles. The number of amides is 1. The average Bonchev–Trinajstić information content (AvgIpc) is 3.30. The maximum absolute atomic E-state index is 13.7. The smallest absolute Gasteiger partial charge is 0.210 e. The molecule has 3 rings (SSSR count). The van der Waals surface area contributed by atoms with Crippen LogP contribution in [-0.2, 0) is 4.79 Å². The molecule has 2 aliphatic rings. The molecule has 0 spiro atoms. The Morgan fingerprint density at radius 2 is 1.90 bits per heavy atom. The van der Waals surface area contributed by atoms with Crippen LogP contribution in [0.5, 0.6) is 0 Å². The summed E-state index contributed by atoms with van der Waals surface area (Å²) in [6, 6.07) is 4.07. The summed E-state index contributed by atoms with van der Waals surface area (Å²) in [7, 11) is 3.84. The summed E-state index contributed by atoms with van der Waals surface area (Å²) in [6.45, 7) is 9.17. The Balaban J connectivity index is 0.000000221. The van der Waals surface area contributed by atoms with Gasteiger partial charge in [0.05, 0.1) is 6.04 Å². The van der Waals surface area contributed by atoms with E-state index in [9.17, 15) is 13.6 Å². The normalized spacial score (nSPS) is 22.2. The van der Waals surface area contributed by atoms with Crippen molar-refractivity contribution in [3.8, 4) is 0 Å². The second kappa shape index (κ2) is 9.94. The van der Waals surface area contributed by atoms with E-state index in [2.05, 4.69) is 25.7 Å². The highest BCUT2D eigenvalue weighted by molar-refractivity contribution is 7.80. The standard InChI is InChI=1S/C14H19F2N.C8H14N2OS/c1-14(2,3)17-7-6-10(9-17)12-5-4-11(15)8-13(12)16;1-9(2)8(12)7-4-3-5-10(7)6-11/h4-5,8,10H,6-7,9H2,1-3H3;6-7H,3-5H2,1-2H3. The van der Waals surface area contributed by atoms with Crippen LogP contribution in [0.1, 0.15) is 51.5 Å². The van der Waals surface area contributed by atoms with E-state index in [4.69, 9.17) is 12.2 Å². The van der Waals surface area contributed by atoms with Gasteiger partial charge in [-0.2, -0.15) is 0 Å². The third-order valence-corrected chi connectivity index (χ3v) is 6.33. The number of likely N-dealkylation sites (tertiary alicyclic amines) is 2. The third kappa shape index (κ3) is 6.19. The van der Waals surface area contributed by atoms with Gasteiger partial charge in [0.15, 0.2) is 0 Å². The minimum atomic E-state index is -0.503. The second-order valence-electron chi connectivity index (χ2n) is 9.00. The molecular weight excluding hydrogens is 392 g/mol. The van der Waals surface area contributed by atoms with Gasteiger partial charge in [-0.1, -0.05) is 18.3 Å². The topological polar surface area (TPSA) is 26.8 Å². The van der Waals surface area contributed by atoms with Crippen molar-refractivity contribution >= 4 is 23.6 Å². The lowest BCUT2D eigenvalue weighted by molar-refractivity contribution is -0.117. The van der Waals surface area contributed by atoms with Crippen LogP contribution in [0.3, 0.4) is 0 Å². The first-order valence-corrected chi connectivity index (χ1v) is 10.6. The number of benzene rings is 1. The van der Waals surface area contributed by atoms with Crippen LogP contribution in [0.4, 0.5) is 8.78 Å². The van der Waals surface area contributed by atoms with Crippen molar-refractivity contribution in [3.63, 3.8) is 0 Å². The van der Waals surface area contributed by atoms with E-state index in [1.165, 1.54) is 6.07 Å². The molecule has 1 amide bonds. The Kier molecular flexibility index (Phi) is 8.11. The van der Waals surface area contributed by atoms with E-state index < -0.39 is 11.6 Å². The first kappa shape index (κ1) is 23.7. The minimum absolute atomic E-state index is 0.116. The molecule has 0 aromatic heterocycles. The first-order valence-electron chi connectivity index (χ1n) is 10.2. The van der Waals surface area contributed by atoms with Gasteiger partial charge in [-0.3, -0.25) is 9.69 Å². The van der Waals surface area contributed by atoms with Gasteiger partial charge < -0.3 is 9.80 Å². The van der Waals surface area contributed by atoms with Crippen LogP contribution in [-0.4, -0.2) is 71.4 Å². The van der Waals surface area contributed by atoms with E-state index in [-0.39, 0.29) is 17.5 Å². The van der Waals surface area contributed by atoms with E-state index in [0.717, 1.165) is 56.4 Å². The number of nitrogens with zero attached hydrogens (tertiary/aromatic N) is 3. The number of likely N-dealkylation sites (N-methyl/N-ethyl adjacent to an activating group) is 1.